The van der Waals surface area contributed by atoms with Crippen molar-refractivity contribution in [2.24, 2.45) is 0 Å². The van der Waals surface area contributed by atoms with Crippen molar-refractivity contribution in [1.82, 2.24) is 14.9 Å². The topological polar surface area (TPSA) is 58.6 Å². The van der Waals surface area contributed by atoms with Gasteiger partial charge in [0.1, 0.15) is 21.3 Å². The van der Waals surface area contributed by atoms with E-state index in [-0.39, 0.29) is 5.97 Å². The Hall–Kier alpha value is -3.29. The number of rotatable bonds is 9. The van der Waals surface area contributed by atoms with E-state index < -0.39 is 0 Å². The molecule has 4 aromatic rings. The lowest BCUT2D eigenvalue weighted by Gasteiger charge is -2.22. The normalized spacial score (nSPS) is 11.2. The van der Waals surface area contributed by atoms with Gasteiger partial charge in [-0.2, -0.15) is 0 Å². The van der Waals surface area contributed by atoms with E-state index in [9.17, 15) is 4.79 Å². The highest BCUT2D eigenvalue weighted by Gasteiger charge is 2.23. The van der Waals surface area contributed by atoms with Gasteiger partial charge in [-0.25, -0.2) is 14.8 Å². The first-order valence-corrected chi connectivity index (χ1v) is 12.2. The smallest absolute Gasteiger partial charge is 0.348 e. The van der Waals surface area contributed by atoms with Crippen LogP contribution in [0.5, 0.6) is 0 Å². The highest BCUT2D eigenvalue weighted by molar-refractivity contribution is 7.20. The van der Waals surface area contributed by atoms with Crippen molar-refractivity contribution in [2.75, 3.05) is 25.6 Å². The molecule has 0 N–H and O–H groups in total. The van der Waals surface area contributed by atoms with Crippen molar-refractivity contribution in [3.8, 4) is 0 Å². The summed E-state index contributed by atoms with van der Waals surface area (Å²) < 4.78 is 5.30. The molecule has 7 heteroatoms. The summed E-state index contributed by atoms with van der Waals surface area (Å²) in [6, 6.07) is 20.7. The Bertz CT molecular complexity index is 1260. The number of hydrogen-bond acceptors (Lipinski definition) is 7. The number of benzene rings is 2. The summed E-state index contributed by atoms with van der Waals surface area (Å²) in [7, 11) is 4.10. The van der Waals surface area contributed by atoms with Crippen LogP contribution in [0.4, 0.5) is 5.82 Å². The van der Waals surface area contributed by atoms with Crippen LogP contribution in [-0.2, 0) is 24.4 Å². The van der Waals surface area contributed by atoms with Gasteiger partial charge in [-0.05, 0) is 37.6 Å². The molecule has 34 heavy (non-hydrogen) atoms. The van der Waals surface area contributed by atoms with E-state index in [0.717, 1.165) is 34.0 Å². The SMILES string of the molecule is CCOC(=O)c1sc2nc(CN(C)Cc3ccccc3)nc(N(C)Cc3ccccc3)c2c1C. The lowest BCUT2D eigenvalue weighted by Crippen LogP contribution is -2.22. The first-order chi connectivity index (χ1) is 16.5. The maximum atomic E-state index is 12.6. The third-order valence-electron chi connectivity index (χ3n) is 5.61. The number of hydrogen-bond donors (Lipinski definition) is 0. The highest BCUT2D eigenvalue weighted by atomic mass is 32.1. The second kappa shape index (κ2) is 10.8. The summed E-state index contributed by atoms with van der Waals surface area (Å²) >= 11 is 1.38. The molecule has 0 aliphatic carbocycles. The molecule has 176 valence electrons. The lowest BCUT2D eigenvalue weighted by atomic mass is 10.1. The average Bonchev–Trinajstić information content (AvgIpc) is 3.16. The van der Waals surface area contributed by atoms with E-state index in [1.807, 2.05) is 57.3 Å². The van der Waals surface area contributed by atoms with Gasteiger partial charge in [-0.15, -0.1) is 11.3 Å². The van der Waals surface area contributed by atoms with Crippen molar-refractivity contribution >= 4 is 33.3 Å². The van der Waals surface area contributed by atoms with Crippen LogP contribution in [-0.4, -0.2) is 41.5 Å². The van der Waals surface area contributed by atoms with Crippen LogP contribution in [0, 0.1) is 6.92 Å². The highest BCUT2D eigenvalue weighted by Crippen LogP contribution is 2.36. The number of aromatic nitrogens is 2. The van der Waals surface area contributed by atoms with Gasteiger partial charge >= 0.3 is 5.97 Å². The minimum absolute atomic E-state index is 0.303. The second-order valence-corrected chi connectivity index (χ2v) is 9.42. The quantitative estimate of drug-likeness (QED) is 0.301. The number of carbonyl (C=O) groups is 1. The molecule has 0 amide bonds. The van der Waals surface area contributed by atoms with Gasteiger partial charge in [0, 0.05) is 20.1 Å². The fourth-order valence-electron chi connectivity index (χ4n) is 4.02. The zero-order valence-corrected chi connectivity index (χ0v) is 20.9. The minimum atomic E-state index is -0.303. The Morgan fingerprint density at radius 3 is 2.15 bits per heavy atom. The van der Waals surface area contributed by atoms with Crippen LogP contribution in [0.1, 0.15) is 39.1 Å². The first-order valence-electron chi connectivity index (χ1n) is 11.4. The molecule has 0 spiro atoms. The van der Waals surface area contributed by atoms with Crippen molar-refractivity contribution in [2.45, 2.75) is 33.5 Å². The minimum Gasteiger partial charge on any atom is -0.462 e. The van der Waals surface area contributed by atoms with Gasteiger partial charge in [0.25, 0.3) is 0 Å². The van der Waals surface area contributed by atoms with Crippen molar-refractivity contribution in [3.05, 3.63) is 88.1 Å². The van der Waals surface area contributed by atoms with Crippen molar-refractivity contribution in [3.63, 3.8) is 0 Å². The standard InChI is InChI=1S/C27H30N4O2S/c1-5-33-27(32)24-19(2)23-25(31(4)17-21-14-10-7-11-15-21)28-22(29-26(23)34-24)18-30(3)16-20-12-8-6-9-13-20/h6-15H,5,16-18H2,1-4H3. The number of carbonyl (C=O) groups excluding carboxylic acids is 1. The molecule has 0 radical (unpaired) electrons. The molecule has 6 nitrogen and oxygen atoms in total. The summed E-state index contributed by atoms with van der Waals surface area (Å²) in [4.78, 5) is 28.2. The van der Waals surface area contributed by atoms with Gasteiger partial charge in [-0.3, -0.25) is 4.90 Å². The molecule has 0 aliphatic heterocycles. The van der Waals surface area contributed by atoms with Crippen LogP contribution >= 0.6 is 11.3 Å². The van der Waals surface area contributed by atoms with Crippen molar-refractivity contribution in [1.29, 1.82) is 0 Å². The molecule has 0 bridgehead atoms. The number of thiophene rings is 1. The number of anilines is 1. The van der Waals surface area contributed by atoms with Gasteiger partial charge in [0.05, 0.1) is 18.5 Å². The molecular formula is C27H30N4O2S. The van der Waals surface area contributed by atoms with Gasteiger partial charge in [-0.1, -0.05) is 60.7 Å². The molecule has 0 fully saturated rings. The number of esters is 1. The number of fused-ring (bicyclic) bond motifs is 1. The Labute approximate surface area is 204 Å². The number of nitrogens with zero attached hydrogens (tertiary/aromatic N) is 4. The summed E-state index contributed by atoms with van der Waals surface area (Å²) in [5.41, 5.74) is 3.31. The molecule has 0 aliphatic rings. The second-order valence-electron chi connectivity index (χ2n) is 8.42. The Morgan fingerprint density at radius 1 is 0.912 bits per heavy atom. The monoisotopic (exact) mass is 474 g/mol. The van der Waals surface area contributed by atoms with Crippen LogP contribution in [0.15, 0.2) is 60.7 Å². The maximum absolute atomic E-state index is 12.6. The maximum Gasteiger partial charge on any atom is 0.348 e. The molecular weight excluding hydrogens is 444 g/mol. The van der Waals surface area contributed by atoms with Crippen LogP contribution < -0.4 is 4.90 Å². The molecule has 2 aromatic carbocycles. The van der Waals surface area contributed by atoms with Crippen LogP contribution in [0.2, 0.25) is 0 Å². The fraction of sp³-hybridized carbons (Fsp3) is 0.296. The number of aryl methyl sites for hydroxylation is 1. The zero-order chi connectivity index (χ0) is 24.1. The van der Waals surface area contributed by atoms with E-state index >= 15 is 0 Å². The molecule has 2 heterocycles. The summed E-state index contributed by atoms with van der Waals surface area (Å²) in [5, 5.41) is 0.918. The summed E-state index contributed by atoms with van der Waals surface area (Å²) in [6.45, 7) is 6.22. The predicted octanol–water partition coefficient (Wildman–Crippen LogP) is 5.44. The Kier molecular flexibility index (Phi) is 7.55. The largest absolute Gasteiger partial charge is 0.462 e. The van der Waals surface area contributed by atoms with E-state index in [4.69, 9.17) is 14.7 Å². The lowest BCUT2D eigenvalue weighted by molar-refractivity contribution is 0.0531. The van der Waals surface area contributed by atoms with Gasteiger partial charge in [0.15, 0.2) is 0 Å². The predicted molar refractivity (Wildman–Crippen MR) is 138 cm³/mol. The third-order valence-corrected chi connectivity index (χ3v) is 6.77. The Balaban J connectivity index is 1.71. The van der Waals surface area contributed by atoms with E-state index in [0.29, 0.717) is 24.6 Å². The molecule has 0 saturated carbocycles. The van der Waals surface area contributed by atoms with Crippen molar-refractivity contribution < 1.29 is 9.53 Å². The molecule has 0 unspecified atom stereocenters. The molecule has 2 aromatic heterocycles. The Morgan fingerprint density at radius 2 is 1.53 bits per heavy atom. The molecule has 0 saturated heterocycles. The van der Waals surface area contributed by atoms with E-state index in [1.54, 1.807) is 0 Å². The van der Waals surface area contributed by atoms with E-state index in [2.05, 4.69) is 41.1 Å². The van der Waals surface area contributed by atoms with Crippen LogP contribution in [0.25, 0.3) is 10.2 Å². The van der Waals surface area contributed by atoms with E-state index in [1.165, 1.54) is 22.5 Å². The average molecular weight is 475 g/mol. The molecule has 4 rings (SSSR count). The first kappa shape index (κ1) is 23.9. The summed E-state index contributed by atoms with van der Waals surface area (Å²) in [5.74, 6) is 1.26. The third kappa shape index (κ3) is 5.43. The van der Waals surface area contributed by atoms with Gasteiger partial charge in [0.2, 0.25) is 0 Å². The summed E-state index contributed by atoms with van der Waals surface area (Å²) in [6.07, 6.45) is 0. The fourth-order valence-corrected chi connectivity index (χ4v) is 5.11. The van der Waals surface area contributed by atoms with Crippen LogP contribution in [0.3, 0.4) is 0 Å². The molecule has 0 atom stereocenters. The number of ether oxygens (including phenoxy) is 1. The van der Waals surface area contributed by atoms with Gasteiger partial charge < -0.3 is 9.64 Å². The zero-order valence-electron chi connectivity index (χ0n) is 20.1.